The molecule has 0 bridgehead atoms. The summed E-state index contributed by atoms with van der Waals surface area (Å²) in [6, 6.07) is 5.50. The smallest absolute Gasteiger partial charge is 0.0547 e. The number of hydrogen-bond donors (Lipinski definition) is 1. The summed E-state index contributed by atoms with van der Waals surface area (Å²) in [5, 5.41) is 10.9. The lowest BCUT2D eigenvalue weighted by atomic mass is 9.78. The highest BCUT2D eigenvalue weighted by Crippen LogP contribution is 2.34. The van der Waals surface area contributed by atoms with Crippen LogP contribution in [0.1, 0.15) is 18.4 Å². The summed E-state index contributed by atoms with van der Waals surface area (Å²) in [7, 11) is 0. The second-order valence-corrected chi connectivity index (χ2v) is 5.57. The van der Waals surface area contributed by atoms with Gasteiger partial charge in [-0.1, -0.05) is 29.3 Å². The van der Waals surface area contributed by atoms with E-state index < -0.39 is 0 Å². The van der Waals surface area contributed by atoms with Gasteiger partial charge in [0.05, 0.1) is 13.2 Å². The molecule has 1 atom stereocenters. The Hall–Kier alpha value is -0.280. The Kier molecular flexibility index (Phi) is 4.31. The van der Waals surface area contributed by atoms with E-state index in [1.54, 1.807) is 6.07 Å². The van der Waals surface area contributed by atoms with Crippen molar-refractivity contribution in [1.29, 1.82) is 0 Å². The highest BCUT2D eigenvalue weighted by atomic mass is 35.5. The number of aliphatic hydroxyl groups excluding tert-OH is 1. The fraction of sp³-hybridized carbons (Fsp3) is 0.538. The fourth-order valence-corrected chi connectivity index (χ4v) is 2.77. The zero-order valence-electron chi connectivity index (χ0n) is 9.59. The molecule has 1 fully saturated rings. The Morgan fingerprint density at radius 3 is 2.76 bits per heavy atom. The van der Waals surface area contributed by atoms with Crippen LogP contribution in [-0.2, 0) is 11.2 Å². The lowest BCUT2D eigenvalue weighted by Crippen LogP contribution is -2.37. The van der Waals surface area contributed by atoms with Crippen LogP contribution >= 0.6 is 23.2 Å². The van der Waals surface area contributed by atoms with E-state index in [0.29, 0.717) is 16.7 Å². The molecule has 1 aromatic rings. The monoisotopic (exact) mass is 274 g/mol. The largest absolute Gasteiger partial charge is 0.396 e. The van der Waals surface area contributed by atoms with E-state index in [4.69, 9.17) is 27.9 Å². The molecular formula is C13H16Cl2O2. The molecule has 1 N–H and O–H groups in total. The van der Waals surface area contributed by atoms with Crippen molar-refractivity contribution in [3.05, 3.63) is 33.8 Å². The zero-order valence-corrected chi connectivity index (χ0v) is 11.1. The van der Waals surface area contributed by atoms with Crippen molar-refractivity contribution >= 4 is 23.2 Å². The fourth-order valence-electron chi connectivity index (χ4n) is 2.30. The maximum Gasteiger partial charge on any atom is 0.0547 e. The molecule has 1 aliphatic heterocycles. The molecule has 1 unspecified atom stereocenters. The predicted molar refractivity (Wildman–Crippen MR) is 69.7 cm³/mol. The van der Waals surface area contributed by atoms with Crippen LogP contribution in [0.25, 0.3) is 0 Å². The van der Waals surface area contributed by atoms with Crippen LogP contribution in [0.15, 0.2) is 18.2 Å². The summed E-state index contributed by atoms with van der Waals surface area (Å²) < 4.78 is 5.48. The summed E-state index contributed by atoms with van der Waals surface area (Å²) in [6.07, 6.45) is 2.70. The summed E-state index contributed by atoms with van der Waals surface area (Å²) in [5.41, 5.74) is 0.839. The van der Waals surface area contributed by atoms with Crippen LogP contribution in [0.3, 0.4) is 0 Å². The average Bonchev–Trinajstić information content (AvgIpc) is 2.34. The van der Waals surface area contributed by atoms with Crippen molar-refractivity contribution in [3.8, 4) is 0 Å². The summed E-state index contributed by atoms with van der Waals surface area (Å²) >= 11 is 12.0. The number of ether oxygens (including phenoxy) is 1. The normalized spacial score (nSPS) is 24.9. The summed E-state index contributed by atoms with van der Waals surface area (Å²) in [4.78, 5) is 0. The van der Waals surface area contributed by atoms with Crippen molar-refractivity contribution in [2.24, 2.45) is 5.41 Å². The third-order valence-electron chi connectivity index (χ3n) is 3.32. The molecule has 94 valence electrons. The Morgan fingerprint density at radius 2 is 2.18 bits per heavy atom. The first-order chi connectivity index (χ1) is 8.15. The van der Waals surface area contributed by atoms with Crippen LogP contribution < -0.4 is 0 Å². The molecule has 1 heterocycles. The number of hydrogen-bond acceptors (Lipinski definition) is 2. The first-order valence-corrected chi connectivity index (χ1v) is 6.53. The lowest BCUT2D eigenvalue weighted by Gasteiger charge is -2.35. The summed E-state index contributed by atoms with van der Waals surface area (Å²) in [6.45, 7) is 1.52. The van der Waals surface area contributed by atoms with Gasteiger partial charge in [-0.2, -0.15) is 0 Å². The van der Waals surface area contributed by atoms with E-state index in [1.165, 1.54) is 0 Å². The number of aliphatic hydroxyl groups is 1. The van der Waals surface area contributed by atoms with Crippen molar-refractivity contribution in [1.82, 2.24) is 0 Å². The van der Waals surface area contributed by atoms with Gasteiger partial charge >= 0.3 is 0 Å². The Labute approximate surface area is 111 Å². The van der Waals surface area contributed by atoms with Crippen LogP contribution in [0.5, 0.6) is 0 Å². The van der Waals surface area contributed by atoms with Crippen molar-refractivity contribution in [2.45, 2.75) is 19.3 Å². The average molecular weight is 275 g/mol. The van der Waals surface area contributed by atoms with Gasteiger partial charge in [0, 0.05) is 22.1 Å². The molecule has 2 nitrogen and oxygen atoms in total. The van der Waals surface area contributed by atoms with Crippen LogP contribution in [-0.4, -0.2) is 24.9 Å². The predicted octanol–water partition coefficient (Wildman–Crippen LogP) is 3.33. The highest BCUT2D eigenvalue weighted by Gasteiger charge is 2.33. The lowest BCUT2D eigenvalue weighted by molar-refractivity contribution is -0.0378. The highest BCUT2D eigenvalue weighted by molar-refractivity contribution is 6.35. The second-order valence-electron chi connectivity index (χ2n) is 4.73. The van der Waals surface area contributed by atoms with Gasteiger partial charge in [0.15, 0.2) is 0 Å². The van der Waals surface area contributed by atoms with E-state index in [2.05, 4.69) is 0 Å². The second kappa shape index (κ2) is 5.57. The zero-order chi connectivity index (χ0) is 12.3. The van der Waals surface area contributed by atoms with Gasteiger partial charge < -0.3 is 9.84 Å². The van der Waals surface area contributed by atoms with E-state index in [0.717, 1.165) is 31.4 Å². The third kappa shape index (κ3) is 3.14. The van der Waals surface area contributed by atoms with Gasteiger partial charge in [-0.25, -0.2) is 0 Å². The minimum Gasteiger partial charge on any atom is -0.396 e. The molecule has 1 aromatic carbocycles. The molecule has 0 spiro atoms. The van der Waals surface area contributed by atoms with Gasteiger partial charge in [0.2, 0.25) is 0 Å². The Morgan fingerprint density at radius 1 is 1.35 bits per heavy atom. The first kappa shape index (κ1) is 13.2. The third-order valence-corrected chi connectivity index (χ3v) is 3.91. The maximum absolute atomic E-state index is 9.60. The van der Waals surface area contributed by atoms with E-state index in [-0.39, 0.29) is 12.0 Å². The molecular weight excluding hydrogens is 259 g/mol. The molecule has 17 heavy (non-hydrogen) atoms. The van der Waals surface area contributed by atoms with E-state index in [1.807, 2.05) is 12.1 Å². The molecule has 0 aliphatic carbocycles. The number of rotatable bonds is 3. The molecule has 0 radical (unpaired) electrons. The maximum atomic E-state index is 9.60. The molecule has 0 saturated carbocycles. The molecule has 4 heteroatoms. The summed E-state index contributed by atoms with van der Waals surface area (Å²) in [5.74, 6) is 0. The van der Waals surface area contributed by atoms with Gasteiger partial charge in [-0.3, -0.25) is 0 Å². The van der Waals surface area contributed by atoms with Crippen LogP contribution in [0, 0.1) is 5.41 Å². The SMILES string of the molecule is OCC1(Cc2ccc(Cl)cc2Cl)CCCOC1. The van der Waals surface area contributed by atoms with E-state index in [9.17, 15) is 5.11 Å². The topological polar surface area (TPSA) is 29.5 Å². The molecule has 2 rings (SSSR count). The molecule has 0 aromatic heterocycles. The van der Waals surface area contributed by atoms with Gasteiger partial charge in [-0.05, 0) is 37.0 Å². The Bertz CT molecular complexity index is 387. The number of halogens is 2. The van der Waals surface area contributed by atoms with Crippen molar-refractivity contribution < 1.29 is 9.84 Å². The Balaban J connectivity index is 2.17. The minimum absolute atomic E-state index is 0.131. The molecule has 1 aliphatic rings. The quantitative estimate of drug-likeness (QED) is 0.916. The van der Waals surface area contributed by atoms with Crippen LogP contribution in [0.4, 0.5) is 0 Å². The first-order valence-electron chi connectivity index (χ1n) is 5.78. The standard InChI is InChI=1S/C13H16Cl2O2/c14-11-3-2-10(12(15)6-11)7-13(8-16)4-1-5-17-9-13/h2-3,6,16H,1,4-5,7-9H2. The van der Waals surface area contributed by atoms with Crippen LogP contribution in [0.2, 0.25) is 10.0 Å². The molecule has 0 amide bonds. The van der Waals surface area contributed by atoms with Crippen molar-refractivity contribution in [3.63, 3.8) is 0 Å². The minimum atomic E-state index is -0.185. The van der Waals surface area contributed by atoms with Gasteiger partial charge in [-0.15, -0.1) is 0 Å². The van der Waals surface area contributed by atoms with E-state index >= 15 is 0 Å². The van der Waals surface area contributed by atoms with Gasteiger partial charge in [0.25, 0.3) is 0 Å². The van der Waals surface area contributed by atoms with Crippen molar-refractivity contribution in [2.75, 3.05) is 19.8 Å². The van der Waals surface area contributed by atoms with Gasteiger partial charge in [0.1, 0.15) is 0 Å². The number of benzene rings is 1. The molecule has 1 saturated heterocycles.